The van der Waals surface area contributed by atoms with E-state index >= 15 is 0 Å². The highest BCUT2D eigenvalue weighted by molar-refractivity contribution is 4.90. The Hall–Kier alpha value is -0.600. The van der Waals surface area contributed by atoms with Gasteiger partial charge in [0.2, 0.25) is 0 Å². The SMILES string of the molecule is NCCO[C@H]1O[C@H](CO[C@H]2O[C@H](CO)[C@@H](O)[C@H](O)[C@@H]2O)C[C@H](O[C@H]2O[C@H](CO)C[C@H](O)[C@@H]2O)[C@@H]1O. The molecule has 0 unspecified atom stereocenters. The molecular weight excluding hydrogens is 478 g/mol. The summed E-state index contributed by atoms with van der Waals surface area (Å²) in [5.41, 5.74) is 5.46. The number of rotatable bonds is 10. The molecule has 3 heterocycles. The summed E-state index contributed by atoms with van der Waals surface area (Å²) >= 11 is 0. The maximum Gasteiger partial charge on any atom is 0.186 e. The van der Waals surface area contributed by atoms with Crippen LogP contribution in [0.3, 0.4) is 0 Å². The molecule has 3 aliphatic rings. The Bertz CT molecular complexity index is 631. The largest absolute Gasteiger partial charge is 0.394 e. The van der Waals surface area contributed by atoms with E-state index < -0.39 is 93.1 Å². The molecule has 15 heteroatoms. The van der Waals surface area contributed by atoms with Crippen LogP contribution in [0.15, 0.2) is 0 Å². The van der Waals surface area contributed by atoms with Crippen molar-refractivity contribution < 1.29 is 69.3 Å². The second-order valence-corrected chi connectivity index (χ2v) is 8.82. The molecule has 15 nitrogen and oxygen atoms in total. The van der Waals surface area contributed by atoms with Gasteiger partial charge in [-0.25, -0.2) is 0 Å². The Morgan fingerprint density at radius 2 is 1.37 bits per heavy atom. The van der Waals surface area contributed by atoms with E-state index in [-0.39, 0.29) is 32.6 Å². The lowest BCUT2D eigenvalue weighted by molar-refractivity contribution is -0.339. The lowest BCUT2D eigenvalue weighted by Crippen LogP contribution is -2.60. The van der Waals surface area contributed by atoms with Crippen molar-refractivity contribution >= 4 is 0 Å². The zero-order valence-electron chi connectivity index (χ0n) is 19.1. The summed E-state index contributed by atoms with van der Waals surface area (Å²) in [6.45, 7) is -1.08. The molecule has 3 fully saturated rings. The van der Waals surface area contributed by atoms with Crippen LogP contribution >= 0.6 is 0 Å². The van der Waals surface area contributed by atoms with Crippen LogP contribution in [0.25, 0.3) is 0 Å². The first-order valence-corrected chi connectivity index (χ1v) is 11.5. The standard InChI is InChI=1S/C20H37NO14/c21-1-2-30-18-15(27)11(34-20-13(25)10(24)3-8(5-22)32-20)4-9(33-18)7-31-19-17(29)16(28)14(26)12(6-23)35-19/h8-20,22-29H,1-7,21H2/t8-,9-,10-,11-,12+,13-,14+,15-,16-,17-,18-,19-,20+/m0/s1. The molecular formula is C20H37NO14. The van der Waals surface area contributed by atoms with Gasteiger partial charge in [-0.3, -0.25) is 0 Å². The van der Waals surface area contributed by atoms with Gasteiger partial charge in [0.05, 0.1) is 50.8 Å². The lowest BCUT2D eigenvalue weighted by atomic mass is 9.99. The Labute approximate surface area is 201 Å². The number of hydrogen-bond donors (Lipinski definition) is 9. The number of aliphatic hydroxyl groups is 8. The van der Waals surface area contributed by atoms with Gasteiger partial charge in [0, 0.05) is 19.4 Å². The van der Waals surface area contributed by atoms with Crippen LogP contribution in [0.5, 0.6) is 0 Å². The van der Waals surface area contributed by atoms with Crippen LogP contribution in [-0.2, 0) is 28.4 Å². The normalized spacial score (nSPS) is 47.1. The van der Waals surface area contributed by atoms with Crippen molar-refractivity contribution in [2.24, 2.45) is 5.73 Å². The molecule has 0 bridgehead atoms. The molecule has 0 aromatic heterocycles. The first-order valence-electron chi connectivity index (χ1n) is 11.5. The molecule has 0 radical (unpaired) electrons. The van der Waals surface area contributed by atoms with E-state index in [1.54, 1.807) is 0 Å². The van der Waals surface area contributed by atoms with Crippen molar-refractivity contribution in [1.29, 1.82) is 0 Å². The molecule has 0 spiro atoms. The van der Waals surface area contributed by atoms with Crippen molar-refractivity contribution in [2.75, 3.05) is 33.0 Å². The van der Waals surface area contributed by atoms with E-state index in [0.29, 0.717) is 0 Å². The lowest BCUT2D eigenvalue weighted by Gasteiger charge is -2.44. The molecule has 3 saturated heterocycles. The Balaban J connectivity index is 1.65. The van der Waals surface area contributed by atoms with E-state index in [1.807, 2.05) is 0 Å². The fourth-order valence-corrected chi connectivity index (χ4v) is 4.19. The molecule has 0 saturated carbocycles. The molecule has 0 aromatic rings. The number of nitrogens with two attached hydrogens (primary N) is 1. The Morgan fingerprint density at radius 3 is 2.03 bits per heavy atom. The van der Waals surface area contributed by atoms with Gasteiger partial charge in [0.15, 0.2) is 18.9 Å². The van der Waals surface area contributed by atoms with Gasteiger partial charge in [-0.15, -0.1) is 0 Å². The summed E-state index contributed by atoms with van der Waals surface area (Å²) in [4.78, 5) is 0. The van der Waals surface area contributed by atoms with Crippen molar-refractivity contribution in [3.05, 3.63) is 0 Å². The average Bonchev–Trinajstić information content (AvgIpc) is 2.85. The summed E-state index contributed by atoms with van der Waals surface area (Å²) in [6, 6.07) is 0. The minimum atomic E-state index is -1.62. The van der Waals surface area contributed by atoms with E-state index in [2.05, 4.69) is 0 Å². The highest BCUT2D eigenvalue weighted by Gasteiger charge is 2.47. The third kappa shape index (κ3) is 7.04. The zero-order chi connectivity index (χ0) is 25.7. The van der Waals surface area contributed by atoms with Gasteiger partial charge in [-0.2, -0.15) is 0 Å². The molecule has 35 heavy (non-hydrogen) atoms. The van der Waals surface area contributed by atoms with Crippen LogP contribution in [-0.4, -0.2) is 154 Å². The maximum atomic E-state index is 10.7. The maximum absolute atomic E-state index is 10.7. The summed E-state index contributed by atoms with van der Waals surface area (Å²) in [5, 5.41) is 79.7. The van der Waals surface area contributed by atoms with Crippen LogP contribution in [0.1, 0.15) is 12.8 Å². The third-order valence-corrected chi connectivity index (χ3v) is 6.19. The first kappa shape index (κ1) is 29.0. The average molecular weight is 516 g/mol. The third-order valence-electron chi connectivity index (χ3n) is 6.19. The van der Waals surface area contributed by atoms with E-state index in [1.165, 1.54) is 0 Å². The van der Waals surface area contributed by atoms with Gasteiger partial charge in [-0.1, -0.05) is 0 Å². The van der Waals surface area contributed by atoms with E-state index in [9.17, 15) is 40.9 Å². The van der Waals surface area contributed by atoms with Crippen molar-refractivity contribution in [3.63, 3.8) is 0 Å². The van der Waals surface area contributed by atoms with Crippen molar-refractivity contribution in [2.45, 2.75) is 92.8 Å². The van der Waals surface area contributed by atoms with Crippen LogP contribution in [0.4, 0.5) is 0 Å². The minimum absolute atomic E-state index is 0.00561. The van der Waals surface area contributed by atoms with E-state index in [4.69, 9.17) is 34.2 Å². The van der Waals surface area contributed by atoms with Crippen LogP contribution in [0.2, 0.25) is 0 Å². The highest BCUT2D eigenvalue weighted by Crippen LogP contribution is 2.30. The molecule has 0 aromatic carbocycles. The summed E-state index contributed by atoms with van der Waals surface area (Å²) < 4.78 is 33.2. The smallest absolute Gasteiger partial charge is 0.186 e. The zero-order valence-corrected chi connectivity index (χ0v) is 19.1. The molecule has 3 aliphatic heterocycles. The fourth-order valence-electron chi connectivity index (χ4n) is 4.19. The predicted octanol–water partition coefficient (Wildman–Crippen LogP) is -5.53. The molecule has 10 N–H and O–H groups in total. The highest BCUT2D eigenvalue weighted by atomic mass is 16.7. The second kappa shape index (κ2) is 13.3. The quantitative estimate of drug-likeness (QED) is 0.132. The number of ether oxygens (including phenoxy) is 6. The van der Waals surface area contributed by atoms with Gasteiger partial charge >= 0.3 is 0 Å². The molecule has 3 rings (SSSR count). The minimum Gasteiger partial charge on any atom is -0.394 e. The summed E-state index contributed by atoms with van der Waals surface area (Å²) in [7, 11) is 0. The van der Waals surface area contributed by atoms with Gasteiger partial charge in [-0.05, 0) is 0 Å². The fraction of sp³-hybridized carbons (Fsp3) is 1.00. The predicted molar refractivity (Wildman–Crippen MR) is 111 cm³/mol. The summed E-state index contributed by atoms with van der Waals surface area (Å²) in [6.07, 6.45) is -16.5. The monoisotopic (exact) mass is 515 g/mol. The van der Waals surface area contributed by atoms with Gasteiger partial charge in [0.1, 0.15) is 36.6 Å². The first-order chi connectivity index (χ1) is 16.7. The topological polar surface area (TPSA) is 243 Å². The van der Waals surface area contributed by atoms with Crippen LogP contribution < -0.4 is 5.73 Å². The Kier molecular flexibility index (Phi) is 11.0. The Morgan fingerprint density at radius 1 is 0.686 bits per heavy atom. The molecule has 0 aliphatic carbocycles. The van der Waals surface area contributed by atoms with Crippen molar-refractivity contribution in [3.8, 4) is 0 Å². The molecule has 206 valence electrons. The van der Waals surface area contributed by atoms with Crippen molar-refractivity contribution in [1.82, 2.24) is 0 Å². The summed E-state index contributed by atoms with van der Waals surface area (Å²) in [5.74, 6) is 0. The van der Waals surface area contributed by atoms with Crippen LogP contribution in [0, 0.1) is 0 Å². The number of aliphatic hydroxyl groups excluding tert-OH is 8. The number of hydrogen-bond acceptors (Lipinski definition) is 15. The van der Waals surface area contributed by atoms with Gasteiger partial charge in [0.25, 0.3) is 0 Å². The van der Waals surface area contributed by atoms with Gasteiger partial charge < -0.3 is 75.0 Å². The molecule has 13 atom stereocenters. The second-order valence-electron chi connectivity index (χ2n) is 8.82. The van der Waals surface area contributed by atoms with E-state index in [0.717, 1.165) is 0 Å². The molecule has 0 amide bonds.